The largest absolute Gasteiger partial charge is 0.478 e. The molecule has 2 aromatic heterocycles. The van der Waals surface area contributed by atoms with Crippen LogP contribution in [0.4, 0.5) is 0 Å². The summed E-state index contributed by atoms with van der Waals surface area (Å²) in [7, 11) is 0. The molecule has 0 atom stereocenters. The van der Waals surface area contributed by atoms with Gasteiger partial charge in [0.05, 0.1) is 17.8 Å². The van der Waals surface area contributed by atoms with Gasteiger partial charge in [-0.2, -0.15) is 0 Å². The standard InChI is InChI=1S/C12H10N4O5/c17-9(8-5-15-12(21)16-10(8)18)14-4-7-3-6(11(19)20)1-2-13-7/h1-3,5H,4H2,(H,14,17)(H,19,20)(H2,15,16,18,21). The van der Waals surface area contributed by atoms with Crippen molar-refractivity contribution in [2.75, 3.05) is 0 Å². The van der Waals surface area contributed by atoms with Crippen molar-refractivity contribution < 1.29 is 14.7 Å². The van der Waals surface area contributed by atoms with Crippen molar-refractivity contribution in [3.05, 3.63) is 62.2 Å². The Bertz CT molecular complexity index is 808. The normalized spacial score (nSPS) is 10.1. The lowest BCUT2D eigenvalue weighted by Gasteiger charge is -2.04. The van der Waals surface area contributed by atoms with Crippen molar-refractivity contribution in [2.24, 2.45) is 0 Å². The molecule has 1 amide bonds. The molecule has 0 saturated heterocycles. The predicted octanol–water partition coefficient (Wildman–Crippen LogP) is -0.914. The highest BCUT2D eigenvalue weighted by Crippen LogP contribution is 2.01. The topological polar surface area (TPSA) is 145 Å². The zero-order valence-electron chi connectivity index (χ0n) is 10.5. The Balaban J connectivity index is 2.11. The molecular formula is C12H10N4O5. The van der Waals surface area contributed by atoms with Gasteiger partial charge in [0.1, 0.15) is 5.56 Å². The average Bonchev–Trinajstić information content (AvgIpc) is 2.45. The molecule has 2 rings (SSSR count). The number of aromatic nitrogens is 3. The van der Waals surface area contributed by atoms with Gasteiger partial charge in [0.25, 0.3) is 11.5 Å². The number of carbonyl (C=O) groups excluding carboxylic acids is 1. The first-order chi connectivity index (χ1) is 9.97. The minimum Gasteiger partial charge on any atom is -0.478 e. The minimum absolute atomic E-state index is 0.0381. The van der Waals surface area contributed by atoms with Gasteiger partial charge in [-0.25, -0.2) is 9.59 Å². The molecule has 0 bridgehead atoms. The second-order valence-electron chi connectivity index (χ2n) is 4.01. The monoisotopic (exact) mass is 290 g/mol. The first kappa shape index (κ1) is 14.2. The Morgan fingerprint density at radius 2 is 2.10 bits per heavy atom. The zero-order chi connectivity index (χ0) is 15.4. The fraction of sp³-hybridized carbons (Fsp3) is 0.0833. The molecule has 0 fully saturated rings. The van der Waals surface area contributed by atoms with Crippen molar-refractivity contribution >= 4 is 11.9 Å². The predicted molar refractivity (Wildman–Crippen MR) is 70.0 cm³/mol. The number of nitrogens with one attached hydrogen (secondary N) is 3. The average molecular weight is 290 g/mol. The molecule has 0 aliphatic rings. The van der Waals surface area contributed by atoms with E-state index in [2.05, 4.69) is 15.3 Å². The van der Waals surface area contributed by atoms with Crippen molar-refractivity contribution in [3.8, 4) is 0 Å². The summed E-state index contributed by atoms with van der Waals surface area (Å²) < 4.78 is 0. The van der Waals surface area contributed by atoms with Crippen LogP contribution in [0.5, 0.6) is 0 Å². The van der Waals surface area contributed by atoms with Crippen LogP contribution in [0.2, 0.25) is 0 Å². The highest BCUT2D eigenvalue weighted by Gasteiger charge is 2.11. The minimum atomic E-state index is -1.11. The molecule has 0 aromatic carbocycles. The van der Waals surface area contributed by atoms with E-state index in [9.17, 15) is 19.2 Å². The first-order valence-corrected chi connectivity index (χ1v) is 5.76. The maximum atomic E-state index is 11.8. The summed E-state index contributed by atoms with van der Waals surface area (Å²) in [6, 6.07) is 2.63. The van der Waals surface area contributed by atoms with Crippen LogP contribution in [0.3, 0.4) is 0 Å². The van der Waals surface area contributed by atoms with Gasteiger partial charge >= 0.3 is 11.7 Å². The third kappa shape index (κ3) is 3.41. The number of hydrogen-bond acceptors (Lipinski definition) is 5. The van der Waals surface area contributed by atoms with E-state index in [0.29, 0.717) is 5.69 Å². The molecule has 4 N–H and O–H groups in total. The van der Waals surface area contributed by atoms with Crippen LogP contribution in [0.1, 0.15) is 26.4 Å². The Hall–Kier alpha value is -3.23. The smallest absolute Gasteiger partial charge is 0.335 e. The van der Waals surface area contributed by atoms with Gasteiger partial charge in [0, 0.05) is 12.4 Å². The highest BCUT2D eigenvalue weighted by molar-refractivity contribution is 5.93. The van der Waals surface area contributed by atoms with Gasteiger partial charge in [0.2, 0.25) is 0 Å². The van der Waals surface area contributed by atoms with Crippen LogP contribution in [0.25, 0.3) is 0 Å². The molecule has 0 aliphatic carbocycles. The summed E-state index contributed by atoms with van der Waals surface area (Å²) in [5.74, 6) is -1.82. The molecule has 0 unspecified atom stereocenters. The Kier molecular flexibility index (Phi) is 3.93. The van der Waals surface area contributed by atoms with Crippen molar-refractivity contribution in [1.82, 2.24) is 20.3 Å². The Morgan fingerprint density at radius 1 is 1.33 bits per heavy atom. The van der Waals surface area contributed by atoms with E-state index in [-0.39, 0.29) is 17.7 Å². The van der Waals surface area contributed by atoms with Gasteiger partial charge < -0.3 is 15.4 Å². The SMILES string of the molecule is O=C(O)c1ccnc(CNC(=O)c2c[nH]c(=O)[nH]c2=O)c1. The summed E-state index contributed by atoms with van der Waals surface area (Å²) >= 11 is 0. The molecule has 2 aromatic rings. The maximum absolute atomic E-state index is 11.8. The molecule has 0 saturated carbocycles. The van der Waals surface area contributed by atoms with Crippen molar-refractivity contribution in [1.29, 1.82) is 0 Å². The van der Waals surface area contributed by atoms with E-state index >= 15 is 0 Å². The summed E-state index contributed by atoms with van der Waals surface area (Å²) in [5, 5.41) is 11.2. The van der Waals surface area contributed by atoms with Crippen LogP contribution in [-0.4, -0.2) is 31.9 Å². The Morgan fingerprint density at radius 3 is 2.76 bits per heavy atom. The molecule has 0 spiro atoms. The molecule has 0 aliphatic heterocycles. The quantitative estimate of drug-likeness (QED) is 0.573. The fourth-order valence-corrected chi connectivity index (χ4v) is 1.55. The molecule has 0 radical (unpaired) electrons. The van der Waals surface area contributed by atoms with E-state index in [0.717, 1.165) is 6.20 Å². The number of aromatic carboxylic acids is 1. The molecule has 21 heavy (non-hydrogen) atoms. The summed E-state index contributed by atoms with van der Waals surface area (Å²) in [4.78, 5) is 52.8. The second-order valence-corrected chi connectivity index (χ2v) is 4.01. The number of amides is 1. The molecule has 9 nitrogen and oxygen atoms in total. The van der Waals surface area contributed by atoms with Gasteiger partial charge in [-0.15, -0.1) is 0 Å². The summed E-state index contributed by atoms with van der Waals surface area (Å²) in [5.41, 5.74) is -1.43. The van der Waals surface area contributed by atoms with Crippen LogP contribution in [0, 0.1) is 0 Å². The molecule has 108 valence electrons. The van der Waals surface area contributed by atoms with E-state index in [1.54, 1.807) is 0 Å². The number of nitrogens with zero attached hydrogens (tertiary/aromatic N) is 1. The number of pyridine rings is 1. The van der Waals surface area contributed by atoms with Gasteiger partial charge in [-0.3, -0.25) is 19.6 Å². The van der Waals surface area contributed by atoms with Crippen molar-refractivity contribution in [3.63, 3.8) is 0 Å². The molecular weight excluding hydrogens is 280 g/mol. The van der Waals surface area contributed by atoms with Crippen LogP contribution < -0.4 is 16.6 Å². The number of carboxylic acid groups (broad SMARTS) is 1. The summed E-state index contributed by atoms with van der Waals surface area (Å²) in [6.45, 7) is -0.0570. The highest BCUT2D eigenvalue weighted by atomic mass is 16.4. The van der Waals surface area contributed by atoms with E-state index in [1.807, 2.05) is 4.98 Å². The lowest BCUT2D eigenvalue weighted by Crippen LogP contribution is -2.33. The lowest BCUT2D eigenvalue weighted by molar-refractivity contribution is 0.0696. The van der Waals surface area contributed by atoms with E-state index in [4.69, 9.17) is 5.11 Å². The number of hydrogen-bond donors (Lipinski definition) is 4. The summed E-state index contributed by atoms with van der Waals surface area (Å²) in [6.07, 6.45) is 2.30. The van der Waals surface area contributed by atoms with Gasteiger partial charge in [0.15, 0.2) is 0 Å². The number of carbonyl (C=O) groups is 2. The van der Waals surface area contributed by atoms with Gasteiger partial charge in [-0.05, 0) is 12.1 Å². The number of rotatable bonds is 4. The van der Waals surface area contributed by atoms with Crippen LogP contribution in [-0.2, 0) is 6.54 Å². The van der Waals surface area contributed by atoms with Crippen LogP contribution >= 0.6 is 0 Å². The lowest BCUT2D eigenvalue weighted by atomic mass is 10.2. The maximum Gasteiger partial charge on any atom is 0.335 e. The van der Waals surface area contributed by atoms with Gasteiger partial charge in [-0.1, -0.05) is 0 Å². The van der Waals surface area contributed by atoms with Crippen LogP contribution in [0.15, 0.2) is 34.1 Å². The Labute approximate surface area is 116 Å². The fourth-order valence-electron chi connectivity index (χ4n) is 1.55. The number of carboxylic acids is 1. The third-order valence-electron chi connectivity index (χ3n) is 2.56. The first-order valence-electron chi connectivity index (χ1n) is 5.76. The van der Waals surface area contributed by atoms with E-state index < -0.39 is 23.1 Å². The second kappa shape index (κ2) is 5.82. The molecule has 9 heteroatoms. The van der Waals surface area contributed by atoms with E-state index in [1.165, 1.54) is 18.3 Å². The molecule has 2 heterocycles. The number of aromatic amines is 2. The third-order valence-corrected chi connectivity index (χ3v) is 2.56. The zero-order valence-corrected chi connectivity index (χ0v) is 10.5. The van der Waals surface area contributed by atoms with Crippen molar-refractivity contribution in [2.45, 2.75) is 6.54 Å². The number of H-pyrrole nitrogens is 2.